The molecule has 1 heterocycles. The van der Waals surface area contributed by atoms with Crippen LogP contribution in [0.3, 0.4) is 0 Å². The molecule has 0 bridgehead atoms. The fourth-order valence-electron chi connectivity index (χ4n) is 1.53. The van der Waals surface area contributed by atoms with Crippen LogP contribution in [0.15, 0.2) is 21.9 Å². The Morgan fingerprint density at radius 1 is 1.65 bits per heavy atom. The van der Waals surface area contributed by atoms with E-state index < -0.39 is 35.5 Å². The summed E-state index contributed by atoms with van der Waals surface area (Å²) < 4.78 is 18.7. The molecule has 0 aromatic carbocycles. The molecular weight excluding hydrogens is 275 g/mol. The lowest BCUT2D eigenvalue weighted by Gasteiger charge is -2.36. The molecule has 4 N–H and O–H groups in total. The fraction of sp³-hybridized carbons (Fsp3) is 0.455. The van der Waals surface area contributed by atoms with E-state index >= 15 is 0 Å². The molecule has 0 spiro atoms. The van der Waals surface area contributed by atoms with Crippen LogP contribution in [0, 0.1) is 12.3 Å². The molecule has 110 valence electrons. The molecule has 0 unspecified atom stereocenters. The van der Waals surface area contributed by atoms with Crippen molar-refractivity contribution in [3.8, 4) is 12.3 Å². The molecule has 1 aromatic heterocycles. The molecule has 0 aliphatic rings. The molecule has 0 saturated heterocycles. The number of alkyl halides is 1. The van der Waals surface area contributed by atoms with Crippen LogP contribution < -0.4 is 11.2 Å². The quantitative estimate of drug-likeness (QED) is 0.443. The molecule has 0 saturated carbocycles. The van der Waals surface area contributed by atoms with E-state index in [1.165, 1.54) is 0 Å². The van der Waals surface area contributed by atoms with E-state index in [2.05, 4.69) is 4.74 Å². The predicted molar refractivity (Wildman–Crippen MR) is 64.3 cm³/mol. The van der Waals surface area contributed by atoms with Gasteiger partial charge in [-0.15, -0.1) is 6.42 Å². The van der Waals surface area contributed by atoms with Gasteiger partial charge in [0.2, 0.25) is 5.72 Å². The number of hydrogen-bond donors (Lipinski definition) is 4. The van der Waals surface area contributed by atoms with Gasteiger partial charge in [-0.25, -0.2) is 9.18 Å². The van der Waals surface area contributed by atoms with Crippen molar-refractivity contribution in [2.75, 3.05) is 13.7 Å². The van der Waals surface area contributed by atoms with Crippen molar-refractivity contribution in [1.29, 1.82) is 0 Å². The molecular formula is C11H13FN2O6. The van der Waals surface area contributed by atoms with Gasteiger partial charge in [-0.1, -0.05) is 0 Å². The number of ether oxygens (including phenoxy) is 1. The second kappa shape index (κ2) is 5.56. The SMILES string of the molecule is C#C[C@@](O)([C@H](O)[C@@](F)(CO)OC)n1ccc(=O)[nH]c1=O. The number of nitrogens with one attached hydrogen (secondary N) is 1. The molecule has 1 rings (SSSR count). The highest BCUT2D eigenvalue weighted by atomic mass is 19.2. The molecule has 20 heavy (non-hydrogen) atoms. The molecule has 0 aliphatic carbocycles. The molecule has 0 aliphatic heterocycles. The average Bonchev–Trinajstić information content (AvgIpc) is 2.44. The van der Waals surface area contributed by atoms with Gasteiger partial charge < -0.3 is 20.1 Å². The van der Waals surface area contributed by atoms with E-state index in [0.29, 0.717) is 4.57 Å². The van der Waals surface area contributed by atoms with Crippen LogP contribution in [0.5, 0.6) is 0 Å². The third kappa shape index (κ3) is 2.50. The van der Waals surface area contributed by atoms with Crippen molar-refractivity contribution >= 4 is 0 Å². The minimum atomic E-state index is -3.11. The summed E-state index contributed by atoms with van der Waals surface area (Å²) in [4.78, 5) is 24.3. The first kappa shape index (κ1) is 16.1. The third-order valence-electron chi connectivity index (χ3n) is 2.75. The highest BCUT2D eigenvalue weighted by Gasteiger charge is 2.52. The first-order valence-corrected chi connectivity index (χ1v) is 5.30. The number of nitrogens with zero attached hydrogens (tertiary/aromatic N) is 1. The van der Waals surface area contributed by atoms with Crippen LogP contribution >= 0.6 is 0 Å². The number of aromatic nitrogens is 2. The molecule has 1 aromatic rings. The van der Waals surface area contributed by atoms with Crippen LogP contribution in [-0.4, -0.2) is 50.5 Å². The van der Waals surface area contributed by atoms with Gasteiger partial charge in [0.25, 0.3) is 11.4 Å². The van der Waals surface area contributed by atoms with Crippen molar-refractivity contribution in [3.63, 3.8) is 0 Å². The van der Waals surface area contributed by atoms with Crippen molar-refractivity contribution < 1.29 is 24.4 Å². The van der Waals surface area contributed by atoms with Gasteiger partial charge in [-0.05, 0) is 5.92 Å². The first-order valence-electron chi connectivity index (χ1n) is 5.30. The van der Waals surface area contributed by atoms with E-state index in [0.717, 1.165) is 19.4 Å². The van der Waals surface area contributed by atoms with Gasteiger partial charge in [0.15, 0.2) is 6.10 Å². The molecule has 9 heteroatoms. The normalized spacial score (nSPS) is 18.6. The van der Waals surface area contributed by atoms with Gasteiger partial charge in [0, 0.05) is 19.4 Å². The summed E-state index contributed by atoms with van der Waals surface area (Å²) in [6.45, 7) is -1.33. The Morgan fingerprint density at radius 3 is 2.65 bits per heavy atom. The van der Waals surface area contributed by atoms with E-state index in [-0.39, 0.29) is 0 Å². The number of aliphatic hydroxyl groups excluding tert-OH is 2. The Labute approximate surface area is 112 Å². The highest BCUT2D eigenvalue weighted by molar-refractivity contribution is 5.12. The smallest absolute Gasteiger partial charge is 0.331 e. The first-order chi connectivity index (χ1) is 9.25. The third-order valence-corrected chi connectivity index (χ3v) is 2.75. The number of aromatic amines is 1. The van der Waals surface area contributed by atoms with Crippen LogP contribution in [-0.2, 0) is 10.5 Å². The number of H-pyrrole nitrogens is 1. The predicted octanol–water partition coefficient (Wildman–Crippen LogP) is -2.52. The maximum absolute atomic E-state index is 14.1. The lowest BCUT2D eigenvalue weighted by molar-refractivity contribution is -0.264. The van der Waals surface area contributed by atoms with E-state index in [1.807, 2.05) is 0 Å². The van der Waals surface area contributed by atoms with E-state index in [1.54, 1.807) is 10.9 Å². The van der Waals surface area contributed by atoms with Crippen molar-refractivity contribution in [3.05, 3.63) is 33.1 Å². The summed E-state index contributed by atoms with van der Waals surface area (Å²) in [7, 11) is 0.825. The Morgan fingerprint density at radius 2 is 2.25 bits per heavy atom. The monoisotopic (exact) mass is 288 g/mol. The van der Waals surface area contributed by atoms with Gasteiger partial charge in [-0.2, -0.15) is 0 Å². The number of terminal acetylenes is 1. The molecule has 8 nitrogen and oxygen atoms in total. The maximum Gasteiger partial charge on any atom is 0.331 e. The zero-order chi connectivity index (χ0) is 15.6. The number of methoxy groups -OCH3 is 1. The minimum Gasteiger partial charge on any atom is -0.390 e. The fourth-order valence-corrected chi connectivity index (χ4v) is 1.53. The number of hydrogen-bond acceptors (Lipinski definition) is 6. The molecule has 3 atom stereocenters. The van der Waals surface area contributed by atoms with Gasteiger partial charge in [-0.3, -0.25) is 14.3 Å². The van der Waals surface area contributed by atoms with Crippen molar-refractivity contribution in [2.24, 2.45) is 0 Å². The van der Waals surface area contributed by atoms with Gasteiger partial charge >= 0.3 is 5.69 Å². The second-order valence-electron chi connectivity index (χ2n) is 3.90. The van der Waals surface area contributed by atoms with E-state index in [4.69, 9.17) is 11.5 Å². The number of halogens is 1. The zero-order valence-electron chi connectivity index (χ0n) is 10.4. The second-order valence-corrected chi connectivity index (χ2v) is 3.90. The van der Waals surface area contributed by atoms with Crippen LogP contribution in [0.2, 0.25) is 0 Å². The Kier molecular flexibility index (Phi) is 4.46. The summed E-state index contributed by atoms with van der Waals surface area (Å²) in [5, 5.41) is 28.9. The van der Waals surface area contributed by atoms with Crippen LogP contribution in [0.25, 0.3) is 0 Å². The average molecular weight is 288 g/mol. The standard InChI is InChI=1S/C11H13FN2O6/c1-3-11(19,8(17)10(12,6-15)20-2)14-5-4-7(16)13-9(14)18/h1,4-5,8,15,17,19H,6H2,2H3,(H,13,16,18)/t8-,10-,11-/m1/s1. The summed E-state index contributed by atoms with van der Waals surface area (Å²) in [5.41, 5.74) is -4.83. The summed E-state index contributed by atoms with van der Waals surface area (Å²) in [6.07, 6.45) is 3.31. The summed E-state index contributed by atoms with van der Waals surface area (Å²) >= 11 is 0. The Hall–Kier alpha value is -1.99. The maximum atomic E-state index is 14.1. The van der Waals surface area contributed by atoms with Crippen LogP contribution in [0.4, 0.5) is 4.39 Å². The zero-order valence-corrected chi connectivity index (χ0v) is 10.4. The molecule has 0 fully saturated rings. The molecule has 0 radical (unpaired) electrons. The molecule has 0 amide bonds. The van der Waals surface area contributed by atoms with Gasteiger partial charge in [0.1, 0.15) is 6.61 Å². The largest absolute Gasteiger partial charge is 0.390 e. The number of rotatable bonds is 5. The lowest BCUT2D eigenvalue weighted by atomic mass is 10.00. The number of aliphatic hydroxyl groups is 3. The van der Waals surface area contributed by atoms with Crippen molar-refractivity contribution in [1.82, 2.24) is 9.55 Å². The van der Waals surface area contributed by atoms with Crippen LogP contribution in [0.1, 0.15) is 0 Å². The lowest BCUT2D eigenvalue weighted by Crippen LogP contribution is -2.60. The Bertz CT molecular complexity index is 629. The van der Waals surface area contributed by atoms with Crippen molar-refractivity contribution in [2.45, 2.75) is 17.7 Å². The minimum absolute atomic E-state index is 0.335. The summed E-state index contributed by atoms with van der Waals surface area (Å²) in [6, 6.07) is 0.835. The van der Waals surface area contributed by atoms with E-state index in [9.17, 15) is 24.2 Å². The summed E-state index contributed by atoms with van der Waals surface area (Å²) in [5.74, 6) is -1.47. The topological polar surface area (TPSA) is 125 Å². The highest BCUT2D eigenvalue weighted by Crippen LogP contribution is 2.28. The Balaban J connectivity index is 3.46. The van der Waals surface area contributed by atoms with Gasteiger partial charge in [0.05, 0.1) is 0 Å².